The molecule has 0 spiro atoms. The molecule has 0 saturated carbocycles. The van der Waals surface area contributed by atoms with Gasteiger partial charge in [0.05, 0.1) is 7.11 Å². The number of carbonyl (C=O) groups is 3. The average Bonchev–Trinajstić information content (AvgIpc) is 2.91. The standard InChI is InChI=1S/C26H31N3O5/c1-33-23-9-5-6-21(18-23)26(32)29-16-14-28(15-17-29)25(31)20-10-12-27(13-11-20)24(30)19-34-22-7-3-2-4-8-22/h2-9,18,20H,10-17,19H2,1H3. The van der Waals surface area contributed by atoms with Gasteiger partial charge in [0.2, 0.25) is 5.91 Å². The predicted octanol–water partition coefficient (Wildman–Crippen LogP) is 2.30. The molecule has 8 nitrogen and oxygen atoms in total. The molecule has 8 heteroatoms. The van der Waals surface area contributed by atoms with Gasteiger partial charge in [0.15, 0.2) is 6.61 Å². The Kier molecular flexibility index (Phi) is 7.67. The lowest BCUT2D eigenvalue weighted by molar-refractivity contribution is -0.142. The van der Waals surface area contributed by atoms with Gasteiger partial charge in [0.25, 0.3) is 11.8 Å². The first-order chi connectivity index (χ1) is 16.5. The van der Waals surface area contributed by atoms with Crippen LogP contribution in [-0.4, -0.2) is 85.4 Å². The Morgan fingerprint density at radius 3 is 2.12 bits per heavy atom. The number of hydrogen-bond acceptors (Lipinski definition) is 5. The van der Waals surface area contributed by atoms with Crippen molar-refractivity contribution < 1.29 is 23.9 Å². The molecule has 34 heavy (non-hydrogen) atoms. The van der Waals surface area contributed by atoms with Crippen LogP contribution in [0, 0.1) is 5.92 Å². The first-order valence-electron chi connectivity index (χ1n) is 11.7. The van der Waals surface area contributed by atoms with Crippen LogP contribution in [0.3, 0.4) is 0 Å². The Hall–Kier alpha value is -3.55. The normalized spacial score (nSPS) is 16.8. The van der Waals surface area contributed by atoms with Crippen molar-refractivity contribution in [2.45, 2.75) is 12.8 Å². The molecule has 0 unspecified atom stereocenters. The summed E-state index contributed by atoms with van der Waals surface area (Å²) in [4.78, 5) is 43.7. The van der Waals surface area contributed by atoms with E-state index < -0.39 is 0 Å². The number of nitrogens with zero attached hydrogens (tertiary/aromatic N) is 3. The van der Waals surface area contributed by atoms with Gasteiger partial charge >= 0.3 is 0 Å². The maximum absolute atomic E-state index is 13.0. The van der Waals surface area contributed by atoms with Crippen LogP contribution in [0.4, 0.5) is 0 Å². The predicted molar refractivity (Wildman–Crippen MR) is 127 cm³/mol. The van der Waals surface area contributed by atoms with Crippen molar-refractivity contribution in [3.63, 3.8) is 0 Å². The fourth-order valence-corrected chi connectivity index (χ4v) is 4.46. The molecule has 0 atom stereocenters. The number of piperazine rings is 1. The van der Waals surface area contributed by atoms with Crippen LogP contribution < -0.4 is 9.47 Å². The van der Waals surface area contributed by atoms with Gasteiger partial charge in [-0.25, -0.2) is 0 Å². The number of piperidine rings is 1. The van der Waals surface area contributed by atoms with Gasteiger partial charge in [0.1, 0.15) is 11.5 Å². The molecule has 3 amide bonds. The Morgan fingerprint density at radius 1 is 0.794 bits per heavy atom. The van der Waals surface area contributed by atoms with Crippen molar-refractivity contribution in [3.8, 4) is 11.5 Å². The number of para-hydroxylation sites is 1. The quantitative estimate of drug-likeness (QED) is 0.654. The zero-order valence-corrected chi connectivity index (χ0v) is 19.5. The van der Waals surface area contributed by atoms with Crippen molar-refractivity contribution in [3.05, 3.63) is 60.2 Å². The number of benzene rings is 2. The van der Waals surface area contributed by atoms with Crippen LogP contribution in [0.5, 0.6) is 11.5 Å². The third-order valence-corrected chi connectivity index (χ3v) is 6.50. The second-order valence-electron chi connectivity index (χ2n) is 8.61. The van der Waals surface area contributed by atoms with Crippen molar-refractivity contribution >= 4 is 17.7 Å². The number of carbonyl (C=O) groups excluding carboxylic acids is 3. The van der Waals surface area contributed by atoms with Crippen molar-refractivity contribution in [1.29, 1.82) is 0 Å². The largest absolute Gasteiger partial charge is 0.497 e. The van der Waals surface area contributed by atoms with Gasteiger partial charge in [-0.15, -0.1) is 0 Å². The molecule has 0 aliphatic carbocycles. The summed E-state index contributed by atoms with van der Waals surface area (Å²) < 4.78 is 10.8. The van der Waals surface area contributed by atoms with Gasteiger partial charge in [-0.3, -0.25) is 14.4 Å². The molecular weight excluding hydrogens is 434 g/mol. The zero-order valence-electron chi connectivity index (χ0n) is 19.5. The Labute approximate surface area is 200 Å². The van der Waals surface area contributed by atoms with Crippen LogP contribution >= 0.6 is 0 Å². The molecular formula is C26H31N3O5. The molecule has 0 radical (unpaired) electrons. The Balaban J connectivity index is 1.21. The highest BCUT2D eigenvalue weighted by Gasteiger charge is 2.32. The van der Waals surface area contributed by atoms with Crippen molar-refractivity contribution in [2.24, 2.45) is 5.92 Å². The molecule has 0 bridgehead atoms. The second-order valence-corrected chi connectivity index (χ2v) is 8.61. The van der Waals surface area contributed by atoms with Gasteiger partial charge < -0.3 is 24.2 Å². The van der Waals surface area contributed by atoms with E-state index in [1.165, 1.54) is 0 Å². The van der Waals surface area contributed by atoms with Crippen molar-refractivity contribution in [1.82, 2.24) is 14.7 Å². The summed E-state index contributed by atoms with van der Waals surface area (Å²) in [5, 5.41) is 0. The van der Waals surface area contributed by atoms with Gasteiger partial charge in [0, 0.05) is 50.7 Å². The lowest BCUT2D eigenvalue weighted by Crippen LogP contribution is -2.53. The second kappa shape index (κ2) is 11.0. The molecule has 2 aromatic rings. The summed E-state index contributed by atoms with van der Waals surface area (Å²) in [7, 11) is 1.58. The number of ether oxygens (including phenoxy) is 2. The number of amides is 3. The lowest BCUT2D eigenvalue weighted by Gasteiger charge is -2.38. The van der Waals surface area contributed by atoms with E-state index in [4.69, 9.17) is 9.47 Å². The molecule has 0 N–H and O–H groups in total. The topological polar surface area (TPSA) is 79.4 Å². The average molecular weight is 466 g/mol. The molecule has 4 rings (SSSR count). The van der Waals surface area contributed by atoms with E-state index >= 15 is 0 Å². The van der Waals surface area contributed by atoms with E-state index in [-0.39, 0.29) is 30.2 Å². The minimum Gasteiger partial charge on any atom is -0.497 e. The summed E-state index contributed by atoms with van der Waals surface area (Å²) in [6, 6.07) is 16.4. The SMILES string of the molecule is COc1cccc(C(=O)N2CCN(C(=O)C3CCN(C(=O)COc4ccccc4)CC3)CC2)c1. The molecule has 2 heterocycles. The first kappa shape index (κ1) is 23.6. The van der Waals surface area contributed by atoms with Gasteiger partial charge in [-0.1, -0.05) is 24.3 Å². The van der Waals surface area contributed by atoms with E-state index in [9.17, 15) is 14.4 Å². The highest BCUT2D eigenvalue weighted by molar-refractivity contribution is 5.94. The first-order valence-corrected chi connectivity index (χ1v) is 11.7. The fraction of sp³-hybridized carbons (Fsp3) is 0.423. The highest BCUT2D eigenvalue weighted by Crippen LogP contribution is 2.22. The van der Waals surface area contributed by atoms with Crippen LogP contribution in [0.15, 0.2) is 54.6 Å². The van der Waals surface area contributed by atoms with E-state index in [0.717, 1.165) is 0 Å². The molecule has 2 fully saturated rings. The number of hydrogen-bond donors (Lipinski definition) is 0. The third-order valence-electron chi connectivity index (χ3n) is 6.50. The van der Waals surface area contributed by atoms with Crippen molar-refractivity contribution in [2.75, 3.05) is 53.0 Å². The maximum atomic E-state index is 13.0. The molecule has 180 valence electrons. The summed E-state index contributed by atoms with van der Waals surface area (Å²) in [5.74, 6) is 1.26. The van der Waals surface area contributed by atoms with E-state index in [0.29, 0.717) is 69.2 Å². The molecule has 2 saturated heterocycles. The Bertz CT molecular complexity index is 997. The van der Waals surface area contributed by atoms with E-state index in [1.807, 2.05) is 41.3 Å². The molecule has 2 aromatic carbocycles. The summed E-state index contributed by atoms with van der Waals surface area (Å²) in [6.07, 6.45) is 1.30. The summed E-state index contributed by atoms with van der Waals surface area (Å²) >= 11 is 0. The number of rotatable bonds is 6. The third kappa shape index (κ3) is 5.68. The maximum Gasteiger partial charge on any atom is 0.260 e. The minimum absolute atomic E-state index is 0.00586. The number of methoxy groups -OCH3 is 1. The fourth-order valence-electron chi connectivity index (χ4n) is 4.46. The lowest BCUT2D eigenvalue weighted by atomic mass is 9.95. The molecule has 2 aliphatic rings. The highest BCUT2D eigenvalue weighted by atomic mass is 16.5. The minimum atomic E-state index is -0.0836. The Morgan fingerprint density at radius 2 is 1.44 bits per heavy atom. The smallest absolute Gasteiger partial charge is 0.260 e. The van der Waals surface area contributed by atoms with E-state index in [1.54, 1.807) is 35.1 Å². The van der Waals surface area contributed by atoms with Gasteiger partial charge in [-0.2, -0.15) is 0 Å². The monoisotopic (exact) mass is 465 g/mol. The zero-order chi connectivity index (χ0) is 23.9. The van der Waals surface area contributed by atoms with Gasteiger partial charge in [-0.05, 0) is 43.2 Å². The van der Waals surface area contributed by atoms with Crippen LogP contribution in [0.2, 0.25) is 0 Å². The molecule has 0 aromatic heterocycles. The summed E-state index contributed by atoms with van der Waals surface area (Å²) in [6.45, 7) is 3.19. The molecule has 2 aliphatic heterocycles. The van der Waals surface area contributed by atoms with E-state index in [2.05, 4.69) is 0 Å². The van der Waals surface area contributed by atoms with Crippen LogP contribution in [0.25, 0.3) is 0 Å². The number of likely N-dealkylation sites (tertiary alicyclic amines) is 1. The summed E-state index contributed by atoms with van der Waals surface area (Å²) in [5.41, 5.74) is 0.590. The van der Waals surface area contributed by atoms with Crippen LogP contribution in [-0.2, 0) is 9.59 Å². The van der Waals surface area contributed by atoms with Crippen LogP contribution in [0.1, 0.15) is 23.2 Å².